The van der Waals surface area contributed by atoms with Crippen LogP contribution >= 0.6 is 0 Å². The molecule has 0 bridgehead atoms. The minimum atomic E-state index is -3.22. The topological polar surface area (TPSA) is 96.0 Å². The maximum atomic E-state index is 12.5. The van der Waals surface area contributed by atoms with Gasteiger partial charge in [0, 0.05) is 19.0 Å². The van der Waals surface area contributed by atoms with Crippen molar-refractivity contribution in [2.75, 3.05) is 18.8 Å². The number of hydrogen-bond acceptors (Lipinski definition) is 4. The van der Waals surface area contributed by atoms with E-state index in [2.05, 4.69) is 5.16 Å². The largest absolute Gasteiger partial charge is 0.409 e. The van der Waals surface area contributed by atoms with Gasteiger partial charge in [0.05, 0.1) is 5.75 Å². The molecule has 2 rings (SSSR count). The molecule has 0 radical (unpaired) electrons. The first-order chi connectivity index (χ1) is 9.53. The van der Waals surface area contributed by atoms with E-state index >= 15 is 0 Å². The molecule has 1 heterocycles. The third-order valence-corrected chi connectivity index (χ3v) is 6.49. The highest BCUT2D eigenvalue weighted by molar-refractivity contribution is 7.89. The lowest BCUT2D eigenvalue weighted by molar-refractivity contribution is 0.284. The average molecular weight is 303 g/mol. The summed E-state index contributed by atoms with van der Waals surface area (Å²) < 4.78 is 26.5. The molecule has 0 spiro atoms. The summed E-state index contributed by atoms with van der Waals surface area (Å²) in [6, 6.07) is 0. The molecule has 1 saturated heterocycles. The van der Waals surface area contributed by atoms with Crippen LogP contribution in [0.5, 0.6) is 0 Å². The van der Waals surface area contributed by atoms with Gasteiger partial charge in [-0.15, -0.1) is 0 Å². The lowest BCUT2D eigenvalue weighted by Crippen LogP contribution is -2.45. The van der Waals surface area contributed by atoms with Gasteiger partial charge in [-0.25, -0.2) is 12.7 Å². The molecule has 7 heteroatoms. The molecule has 0 amide bonds. The summed E-state index contributed by atoms with van der Waals surface area (Å²) in [6.45, 7) is 0.912. The van der Waals surface area contributed by atoms with Crippen molar-refractivity contribution < 1.29 is 13.6 Å². The first-order valence-corrected chi connectivity index (χ1v) is 9.09. The van der Waals surface area contributed by atoms with Crippen LogP contribution in [-0.4, -0.2) is 42.6 Å². The Bertz CT molecular complexity index is 444. The van der Waals surface area contributed by atoms with Crippen molar-refractivity contribution in [3.8, 4) is 0 Å². The Morgan fingerprint density at radius 1 is 1.20 bits per heavy atom. The van der Waals surface area contributed by atoms with Crippen molar-refractivity contribution in [3.63, 3.8) is 0 Å². The molecule has 0 aromatic rings. The Morgan fingerprint density at radius 2 is 1.90 bits per heavy atom. The van der Waals surface area contributed by atoms with Crippen LogP contribution in [0.1, 0.15) is 44.9 Å². The van der Waals surface area contributed by atoms with E-state index in [1.54, 1.807) is 0 Å². The van der Waals surface area contributed by atoms with Crippen molar-refractivity contribution in [3.05, 3.63) is 0 Å². The Hall–Kier alpha value is -0.820. The van der Waals surface area contributed by atoms with Crippen molar-refractivity contribution >= 4 is 15.9 Å². The first-order valence-electron chi connectivity index (χ1n) is 7.48. The standard InChI is InChI=1S/C13H25N3O3S/c14-13(15-17)12-7-4-8-16(9-12)20(18,19)10-11-5-2-1-3-6-11/h11-12,17H,1-10H2,(H2,14,15). The molecular formula is C13H25N3O3S. The summed E-state index contributed by atoms with van der Waals surface area (Å²) in [7, 11) is -3.22. The molecule has 1 saturated carbocycles. The molecule has 1 atom stereocenters. The van der Waals surface area contributed by atoms with Crippen molar-refractivity contribution in [2.45, 2.75) is 44.9 Å². The van der Waals surface area contributed by atoms with E-state index in [0.29, 0.717) is 19.0 Å². The van der Waals surface area contributed by atoms with Crippen LogP contribution in [0.15, 0.2) is 5.16 Å². The molecule has 0 aromatic carbocycles. The van der Waals surface area contributed by atoms with Crippen LogP contribution in [0, 0.1) is 11.8 Å². The molecule has 20 heavy (non-hydrogen) atoms. The smallest absolute Gasteiger partial charge is 0.214 e. The highest BCUT2D eigenvalue weighted by Gasteiger charge is 2.32. The van der Waals surface area contributed by atoms with Crippen LogP contribution in [0.3, 0.4) is 0 Å². The fourth-order valence-corrected chi connectivity index (χ4v) is 5.23. The second-order valence-electron chi connectivity index (χ2n) is 6.00. The van der Waals surface area contributed by atoms with Crippen LogP contribution < -0.4 is 5.73 Å². The maximum Gasteiger partial charge on any atom is 0.214 e. The van der Waals surface area contributed by atoms with Gasteiger partial charge in [-0.3, -0.25) is 0 Å². The Labute approximate surface area is 121 Å². The number of rotatable bonds is 4. The van der Waals surface area contributed by atoms with E-state index in [1.165, 1.54) is 10.7 Å². The Morgan fingerprint density at radius 3 is 2.55 bits per heavy atom. The van der Waals surface area contributed by atoms with Gasteiger partial charge < -0.3 is 10.9 Å². The number of hydrogen-bond donors (Lipinski definition) is 2. The van der Waals surface area contributed by atoms with E-state index in [9.17, 15) is 8.42 Å². The average Bonchev–Trinajstić information content (AvgIpc) is 2.47. The minimum absolute atomic E-state index is 0.141. The van der Waals surface area contributed by atoms with Crippen molar-refractivity contribution in [1.29, 1.82) is 0 Å². The molecule has 1 unspecified atom stereocenters. The van der Waals surface area contributed by atoms with E-state index in [0.717, 1.165) is 38.5 Å². The number of sulfonamides is 1. The summed E-state index contributed by atoms with van der Waals surface area (Å²) in [6.07, 6.45) is 7.12. The monoisotopic (exact) mass is 303 g/mol. The zero-order chi connectivity index (χ0) is 14.6. The molecule has 1 aliphatic carbocycles. The quantitative estimate of drug-likeness (QED) is 0.355. The molecular weight excluding hydrogens is 278 g/mol. The van der Waals surface area contributed by atoms with Crippen LogP contribution in [0.2, 0.25) is 0 Å². The zero-order valence-electron chi connectivity index (χ0n) is 11.9. The second-order valence-corrected chi connectivity index (χ2v) is 8.02. The third kappa shape index (κ3) is 3.85. The lowest BCUT2D eigenvalue weighted by Gasteiger charge is -2.32. The van der Waals surface area contributed by atoms with Gasteiger partial charge in [-0.1, -0.05) is 24.4 Å². The number of oxime groups is 1. The fourth-order valence-electron chi connectivity index (χ4n) is 3.28. The van der Waals surface area contributed by atoms with Gasteiger partial charge in [-0.05, 0) is 31.6 Å². The van der Waals surface area contributed by atoms with Gasteiger partial charge in [-0.2, -0.15) is 0 Å². The van der Waals surface area contributed by atoms with Gasteiger partial charge in [0.2, 0.25) is 10.0 Å². The fraction of sp³-hybridized carbons (Fsp3) is 0.923. The molecule has 1 aliphatic heterocycles. The normalized spacial score (nSPS) is 27.6. The number of nitrogens with zero attached hydrogens (tertiary/aromatic N) is 2. The van der Waals surface area contributed by atoms with E-state index in [1.807, 2.05) is 0 Å². The summed E-state index contributed by atoms with van der Waals surface area (Å²) in [5.41, 5.74) is 5.62. The molecule has 0 aromatic heterocycles. The zero-order valence-corrected chi connectivity index (χ0v) is 12.7. The maximum absolute atomic E-state index is 12.5. The molecule has 3 N–H and O–H groups in total. The van der Waals surface area contributed by atoms with Gasteiger partial charge in [0.25, 0.3) is 0 Å². The second kappa shape index (κ2) is 6.76. The van der Waals surface area contributed by atoms with Crippen molar-refractivity contribution in [1.82, 2.24) is 4.31 Å². The number of nitrogens with two attached hydrogens (primary N) is 1. The molecule has 116 valence electrons. The highest BCUT2D eigenvalue weighted by atomic mass is 32.2. The summed E-state index contributed by atoms with van der Waals surface area (Å²) >= 11 is 0. The van der Waals surface area contributed by atoms with E-state index < -0.39 is 10.0 Å². The first kappa shape index (κ1) is 15.6. The lowest BCUT2D eigenvalue weighted by atomic mass is 9.91. The highest BCUT2D eigenvalue weighted by Crippen LogP contribution is 2.27. The Balaban J connectivity index is 1.97. The van der Waals surface area contributed by atoms with Crippen molar-refractivity contribution in [2.24, 2.45) is 22.7 Å². The number of amidine groups is 1. The van der Waals surface area contributed by atoms with Gasteiger partial charge in [0.15, 0.2) is 0 Å². The summed E-state index contributed by atoms with van der Waals surface area (Å²) in [4.78, 5) is 0. The molecule has 6 nitrogen and oxygen atoms in total. The van der Waals surface area contributed by atoms with Crippen LogP contribution in [0.4, 0.5) is 0 Å². The number of piperidine rings is 1. The summed E-state index contributed by atoms with van der Waals surface area (Å²) in [5, 5.41) is 11.7. The third-order valence-electron chi connectivity index (χ3n) is 4.48. The SMILES string of the molecule is NC(=NO)C1CCCN(S(=O)(=O)CC2CCCCC2)C1. The summed E-state index contributed by atoms with van der Waals surface area (Å²) in [5.74, 6) is 0.547. The minimum Gasteiger partial charge on any atom is -0.409 e. The predicted molar refractivity (Wildman–Crippen MR) is 78.1 cm³/mol. The predicted octanol–water partition coefficient (Wildman–Crippen LogP) is 1.35. The van der Waals surface area contributed by atoms with E-state index in [4.69, 9.17) is 10.9 Å². The van der Waals surface area contributed by atoms with Gasteiger partial charge in [0.1, 0.15) is 5.84 Å². The van der Waals surface area contributed by atoms with Gasteiger partial charge >= 0.3 is 0 Å². The van der Waals surface area contributed by atoms with Crippen LogP contribution in [0.25, 0.3) is 0 Å². The van der Waals surface area contributed by atoms with Crippen LogP contribution in [-0.2, 0) is 10.0 Å². The molecule has 2 fully saturated rings. The molecule has 2 aliphatic rings. The Kier molecular flexibility index (Phi) is 5.26. The van der Waals surface area contributed by atoms with E-state index in [-0.39, 0.29) is 17.5 Å².